The highest BCUT2D eigenvalue weighted by Gasteiger charge is 2.24. The van der Waals surface area contributed by atoms with Gasteiger partial charge in [-0.05, 0) is 61.9 Å². The Morgan fingerprint density at radius 3 is 2.41 bits per heavy atom. The third-order valence-corrected chi connectivity index (χ3v) is 8.31. The summed E-state index contributed by atoms with van der Waals surface area (Å²) in [5.74, 6) is 0.368. The first-order valence-corrected chi connectivity index (χ1v) is 12.6. The fourth-order valence-electron chi connectivity index (χ4n) is 3.96. The van der Waals surface area contributed by atoms with Crippen LogP contribution in [0.5, 0.6) is 5.75 Å². The molecule has 2 aromatic carbocycles. The standard InChI is InChI=1S/C23H26FN3O3S2/c1-15-13-27(14-16(2)25-15)20-12-19(8-9-21(20)30-3)26-32(28,29)23-11-10-22(31-23)17-4-6-18(24)7-5-17/h4-12,15-16,25-26H,13-14H2,1-3H3/t15-,16+. The van der Waals surface area contributed by atoms with Crippen molar-refractivity contribution in [2.75, 3.05) is 29.8 Å². The van der Waals surface area contributed by atoms with Gasteiger partial charge in [0.05, 0.1) is 18.5 Å². The molecule has 170 valence electrons. The number of hydrogen-bond donors (Lipinski definition) is 2. The number of sulfonamides is 1. The van der Waals surface area contributed by atoms with Gasteiger partial charge in [-0.1, -0.05) is 12.1 Å². The van der Waals surface area contributed by atoms with Gasteiger partial charge in [-0.25, -0.2) is 12.8 Å². The average molecular weight is 476 g/mol. The van der Waals surface area contributed by atoms with Crippen molar-refractivity contribution in [3.63, 3.8) is 0 Å². The van der Waals surface area contributed by atoms with Gasteiger partial charge < -0.3 is 15.0 Å². The van der Waals surface area contributed by atoms with Gasteiger partial charge in [0.2, 0.25) is 0 Å². The monoisotopic (exact) mass is 475 g/mol. The summed E-state index contributed by atoms with van der Waals surface area (Å²) >= 11 is 1.14. The fourth-order valence-corrected chi connectivity index (χ4v) is 6.32. The predicted molar refractivity (Wildman–Crippen MR) is 128 cm³/mol. The summed E-state index contributed by atoms with van der Waals surface area (Å²) in [6.45, 7) is 5.83. The highest BCUT2D eigenvalue weighted by atomic mass is 32.2. The molecule has 1 aliphatic rings. The normalized spacial score (nSPS) is 19.1. The molecular weight excluding hydrogens is 449 g/mol. The number of hydrogen-bond acceptors (Lipinski definition) is 6. The van der Waals surface area contributed by atoms with E-state index in [-0.39, 0.29) is 10.0 Å². The Morgan fingerprint density at radius 1 is 1.06 bits per heavy atom. The van der Waals surface area contributed by atoms with E-state index >= 15 is 0 Å². The predicted octanol–water partition coefficient (Wildman–Crippen LogP) is 4.55. The van der Waals surface area contributed by atoms with E-state index in [1.165, 1.54) is 12.1 Å². The molecule has 0 saturated carbocycles. The van der Waals surface area contributed by atoms with Crippen LogP contribution in [0.1, 0.15) is 13.8 Å². The van der Waals surface area contributed by atoms with Crippen LogP contribution in [0.2, 0.25) is 0 Å². The summed E-state index contributed by atoms with van der Waals surface area (Å²) in [4.78, 5) is 2.96. The molecule has 3 aromatic rings. The molecule has 6 nitrogen and oxygen atoms in total. The first kappa shape index (κ1) is 22.6. The topological polar surface area (TPSA) is 70.7 Å². The van der Waals surface area contributed by atoms with Crippen molar-refractivity contribution in [1.29, 1.82) is 0 Å². The number of methoxy groups -OCH3 is 1. The van der Waals surface area contributed by atoms with Gasteiger partial charge in [0.25, 0.3) is 10.0 Å². The molecule has 1 fully saturated rings. The van der Waals surface area contributed by atoms with Crippen LogP contribution in [0.3, 0.4) is 0 Å². The highest BCUT2D eigenvalue weighted by Crippen LogP contribution is 2.35. The van der Waals surface area contributed by atoms with Crippen molar-refractivity contribution in [3.8, 4) is 16.2 Å². The lowest BCUT2D eigenvalue weighted by Crippen LogP contribution is -2.54. The quantitative estimate of drug-likeness (QED) is 0.547. The van der Waals surface area contributed by atoms with Crippen LogP contribution in [0.25, 0.3) is 10.4 Å². The van der Waals surface area contributed by atoms with Crippen LogP contribution in [-0.2, 0) is 10.0 Å². The minimum absolute atomic E-state index is 0.193. The average Bonchev–Trinajstić information content (AvgIpc) is 3.25. The van der Waals surface area contributed by atoms with Crippen LogP contribution >= 0.6 is 11.3 Å². The lowest BCUT2D eigenvalue weighted by atomic mass is 10.1. The zero-order chi connectivity index (χ0) is 22.9. The SMILES string of the molecule is COc1ccc(NS(=O)(=O)c2ccc(-c3ccc(F)cc3)s2)cc1N1C[C@@H](C)N[C@@H](C)C1. The molecule has 2 N–H and O–H groups in total. The Hall–Kier alpha value is -2.62. The van der Waals surface area contributed by atoms with Gasteiger partial charge in [0.15, 0.2) is 0 Å². The molecule has 2 heterocycles. The van der Waals surface area contributed by atoms with Crippen LogP contribution in [-0.4, -0.2) is 40.7 Å². The van der Waals surface area contributed by atoms with Crippen LogP contribution < -0.4 is 19.7 Å². The van der Waals surface area contributed by atoms with Gasteiger partial charge in [0, 0.05) is 30.1 Å². The van der Waals surface area contributed by atoms with Gasteiger partial charge in [-0.15, -0.1) is 11.3 Å². The fraction of sp³-hybridized carbons (Fsp3) is 0.304. The summed E-state index contributed by atoms with van der Waals surface area (Å²) in [7, 11) is -2.16. The van der Waals surface area contributed by atoms with Crippen molar-refractivity contribution in [2.45, 2.75) is 30.1 Å². The molecule has 1 aliphatic heterocycles. The smallest absolute Gasteiger partial charge is 0.271 e. The van der Waals surface area contributed by atoms with Crippen LogP contribution in [0, 0.1) is 5.82 Å². The second-order valence-electron chi connectivity index (χ2n) is 7.99. The van der Waals surface area contributed by atoms with E-state index in [0.717, 1.165) is 40.6 Å². The molecule has 0 aliphatic carbocycles. The van der Waals surface area contributed by atoms with E-state index in [2.05, 4.69) is 28.8 Å². The molecule has 0 radical (unpaired) electrons. The summed E-state index contributed by atoms with van der Waals surface area (Å²) in [6, 6.07) is 15.2. The Morgan fingerprint density at radius 2 is 1.75 bits per heavy atom. The molecule has 0 amide bonds. The van der Waals surface area contributed by atoms with Gasteiger partial charge in [-0.3, -0.25) is 4.72 Å². The Kier molecular flexibility index (Phi) is 6.41. The number of piperazine rings is 1. The lowest BCUT2D eigenvalue weighted by molar-refractivity contribution is 0.391. The number of benzene rings is 2. The Balaban J connectivity index is 1.59. The molecule has 9 heteroatoms. The maximum Gasteiger partial charge on any atom is 0.271 e. The van der Waals surface area contributed by atoms with E-state index < -0.39 is 10.0 Å². The molecular formula is C23H26FN3O3S2. The van der Waals surface area contributed by atoms with Crippen molar-refractivity contribution < 1.29 is 17.5 Å². The minimum atomic E-state index is -3.77. The van der Waals surface area contributed by atoms with Crippen molar-refractivity contribution in [3.05, 3.63) is 60.4 Å². The van der Waals surface area contributed by atoms with E-state index in [4.69, 9.17) is 4.74 Å². The number of halogens is 1. The minimum Gasteiger partial charge on any atom is -0.495 e. The molecule has 0 bridgehead atoms. The van der Waals surface area contributed by atoms with Crippen molar-refractivity contribution in [1.82, 2.24) is 5.32 Å². The molecule has 32 heavy (non-hydrogen) atoms. The van der Waals surface area contributed by atoms with E-state index in [0.29, 0.717) is 23.5 Å². The summed E-state index contributed by atoms with van der Waals surface area (Å²) in [5.41, 5.74) is 2.09. The lowest BCUT2D eigenvalue weighted by Gasteiger charge is -2.38. The third-order valence-electron chi connectivity index (χ3n) is 5.30. The number of thiophene rings is 1. The first-order valence-electron chi connectivity index (χ1n) is 10.3. The molecule has 0 spiro atoms. The number of anilines is 2. The molecule has 1 saturated heterocycles. The third kappa shape index (κ3) is 4.90. The number of rotatable bonds is 6. The first-order chi connectivity index (χ1) is 15.2. The number of nitrogens with zero attached hydrogens (tertiary/aromatic N) is 1. The summed E-state index contributed by atoms with van der Waals surface area (Å²) in [5, 5.41) is 3.50. The van der Waals surface area contributed by atoms with E-state index in [1.807, 2.05) is 6.07 Å². The summed E-state index contributed by atoms with van der Waals surface area (Å²) in [6.07, 6.45) is 0. The second kappa shape index (κ2) is 9.09. The van der Waals surface area contributed by atoms with Gasteiger partial charge >= 0.3 is 0 Å². The molecule has 0 unspecified atom stereocenters. The van der Waals surface area contributed by atoms with E-state index in [9.17, 15) is 12.8 Å². The Bertz CT molecular complexity index is 1190. The molecule has 1 aromatic heterocycles. The number of ether oxygens (including phenoxy) is 1. The Labute approximate surface area is 192 Å². The molecule has 2 atom stereocenters. The molecule has 4 rings (SSSR count). The van der Waals surface area contributed by atoms with Crippen LogP contribution in [0.15, 0.2) is 58.8 Å². The van der Waals surface area contributed by atoms with E-state index in [1.54, 1.807) is 43.5 Å². The maximum atomic E-state index is 13.2. The highest BCUT2D eigenvalue weighted by molar-refractivity contribution is 7.94. The zero-order valence-corrected chi connectivity index (χ0v) is 19.8. The largest absolute Gasteiger partial charge is 0.495 e. The number of nitrogens with one attached hydrogen (secondary N) is 2. The summed E-state index contributed by atoms with van der Waals surface area (Å²) < 4.78 is 47.7. The van der Waals surface area contributed by atoms with Crippen molar-refractivity contribution >= 4 is 32.7 Å². The van der Waals surface area contributed by atoms with Crippen molar-refractivity contribution in [2.24, 2.45) is 0 Å². The maximum absolute atomic E-state index is 13.2. The van der Waals surface area contributed by atoms with Gasteiger partial charge in [-0.2, -0.15) is 0 Å². The van der Waals surface area contributed by atoms with Crippen LogP contribution in [0.4, 0.5) is 15.8 Å². The zero-order valence-electron chi connectivity index (χ0n) is 18.1. The second-order valence-corrected chi connectivity index (χ2v) is 11.0. The van der Waals surface area contributed by atoms with Gasteiger partial charge in [0.1, 0.15) is 15.8 Å².